The van der Waals surface area contributed by atoms with Crippen molar-refractivity contribution in [1.82, 2.24) is 0 Å². The molecule has 2 N–H and O–H groups in total. The molecular weight excluding hydrogens is 204 g/mol. The molecule has 0 bridgehead atoms. The van der Waals surface area contributed by atoms with Crippen LogP contribution in [0.25, 0.3) is 0 Å². The Kier molecular flexibility index (Phi) is 3.92. The van der Waals surface area contributed by atoms with E-state index in [0.29, 0.717) is 6.42 Å². The zero-order valence-corrected chi connectivity index (χ0v) is 10.5. The lowest BCUT2D eigenvalue weighted by atomic mass is 9.61. The Bertz CT molecular complexity index is 294. The first-order valence-electron chi connectivity index (χ1n) is 5.81. The fraction of sp³-hybridized carbons (Fsp3) is 0.769. The first-order chi connectivity index (χ1) is 7.26. The van der Waals surface area contributed by atoms with Crippen LogP contribution in [-0.4, -0.2) is 28.2 Å². The minimum absolute atomic E-state index is 0.0172. The molecular formula is C13H22O3. The number of carbonyl (C=O) groups is 1. The van der Waals surface area contributed by atoms with Gasteiger partial charge in [0.05, 0.1) is 12.2 Å². The Morgan fingerprint density at radius 1 is 1.38 bits per heavy atom. The zero-order valence-electron chi connectivity index (χ0n) is 10.5. The van der Waals surface area contributed by atoms with E-state index in [-0.39, 0.29) is 17.6 Å². The molecule has 0 amide bonds. The van der Waals surface area contributed by atoms with Crippen LogP contribution in [-0.2, 0) is 4.79 Å². The summed E-state index contributed by atoms with van der Waals surface area (Å²) in [7, 11) is 0. The molecule has 1 saturated carbocycles. The monoisotopic (exact) mass is 226 g/mol. The number of aliphatic hydroxyl groups is 2. The van der Waals surface area contributed by atoms with Crippen LogP contribution in [0, 0.1) is 17.3 Å². The molecule has 16 heavy (non-hydrogen) atoms. The van der Waals surface area contributed by atoms with Gasteiger partial charge in [-0.2, -0.15) is 0 Å². The SMILES string of the molecule is CC(=O)/C=C/C1[C@H](C)C[C@H](O)[C@@H](O)C1(C)C. The predicted octanol–water partition coefficient (Wildman–Crippen LogP) is 1.54. The van der Waals surface area contributed by atoms with E-state index < -0.39 is 17.6 Å². The van der Waals surface area contributed by atoms with E-state index in [9.17, 15) is 15.0 Å². The molecule has 92 valence electrons. The van der Waals surface area contributed by atoms with Gasteiger partial charge in [-0.3, -0.25) is 4.79 Å². The lowest BCUT2D eigenvalue weighted by molar-refractivity contribution is -0.117. The highest BCUT2D eigenvalue weighted by atomic mass is 16.3. The highest BCUT2D eigenvalue weighted by Gasteiger charge is 2.46. The first-order valence-corrected chi connectivity index (χ1v) is 5.81. The van der Waals surface area contributed by atoms with Gasteiger partial charge in [0.25, 0.3) is 0 Å². The van der Waals surface area contributed by atoms with Gasteiger partial charge >= 0.3 is 0 Å². The van der Waals surface area contributed by atoms with Gasteiger partial charge in [-0.05, 0) is 36.7 Å². The number of allylic oxidation sites excluding steroid dienone is 2. The van der Waals surface area contributed by atoms with Crippen molar-refractivity contribution in [3.05, 3.63) is 12.2 Å². The molecule has 1 rings (SSSR count). The smallest absolute Gasteiger partial charge is 0.152 e. The molecule has 4 atom stereocenters. The summed E-state index contributed by atoms with van der Waals surface area (Å²) in [5.74, 6) is 0.405. The maximum Gasteiger partial charge on any atom is 0.152 e. The van der Waals surface area contributed by atoms with Crippen molar-refractivity contribution in [2.75, 3.05) is 0 Å². The summed E-state index contributed by atoms with van der Waals surface area (Å²) in [4.78, 5) is 11.0. The van der Waals surface area contributed by atoms with E-state index in [1.807, 2.05) is 26.8 Å². The largest absolute Gasteiger partial charge is 0.390 e. The highest BCUT2D eigenvalue weighted by molar-refractivity contribution is 5.87. The average Bonchev–Trinajstić information content (AvgIpc) is 2.13. The lowest BCUT2D eigenvalue weighted by Crippen LogP contribution is -2.51. The molecule has 0 radical (unpaired) electrons. The fourth-order valence-electron chi connectivity index (χ4n) is 2.76. The van der Waals surface area contributed by atoms with E-state index in [0.717, 1.165) is 0 Å². The second-order valence-corrected chi connectivity index (χ2v) is 5.54. The van der Waals surface area contributed by atoms with Crippen LogP contribution in [0.4, 0.5) is 0 Å². The van der Waals surface area contributed by atoms with Gasteiger partial charge in [-0.1, -0.05) is 26.8 Å². The van der Waals surface area contributed by atoms with Crippen molar-refractivity contribution in [2.45, 2.75) is 46.3 Å². The fourth-order valence-corrected chi connectivity index (χ4v) is 2.76. The standard InChI is InChI=1S/C13H22O3/c1-8-7-11(15)12(16)13(3,4)10(8)6-5-9(2)14/h5-6,8,10-12,15-16H,7H2,1-4H3/b6-5+/t8-,10?,11+,12-/m1/s1. The number of hydrogen-bond acceptors (Lipinski definition) is 3. The number of hydrogen-bond donors (Lipinski definition) is 2. The molecule has 0 aromatic heterocycles. The summed E-state index contributed by atoms with van der Waals surface area (Å²) in [5.41, 5.74) is -0.400. The van der Waals surface area contributed by atoms with Crippen molar-refractivity contribution in [3.8, 4) is 0 Å². The molecule has 1 aliphatic carbocycles. The maximum absolute atomic E-state index is 11.0. The second kappa shape index (κ2) is 4.68. The molecule has 0 aromatic rings. The molecule has 3 nitrogen and oxygen atoms in total. The van der Waals surface area contributed by atoms with Crippen LogP contribution >= 0.6 is 0 Å². The Labute approximate surface area is 97.2 Å². The summed E-state index contributed by atoms with van der Waals surface area (Å²) in [6.45, 7) is 7.44. The summed E-state index contributed by atoms with van der Waals surface area (Å²) in [6.07, 6.45) is 2.63. The minimum atomic E-state index is -0.731. The van der Waals surface area contributed by atoms with Crippen molar-refractivity contribution >= 4 is 5.78 Å². The summed E-state index contributed by atoms with van der Waals surface area (Å²) in [5, 5.41) is 19.7. The predicted molar refractivity (Wildman–Crippen MR) is 62.9 cm³/mol. The van der Waals surface area contributed by atoms with Crippen molar-refractivity contribution in [1.29, 1.82) is 0 Å². The maximum atomic E-state index is 11.0. The van der Waals surface area contributed by atoms with E-state index >= 15 is 0 Å². The number of ketones is 1. The summed E-state index contributed by atoms with van der Waals surface area (Å²) < 4.78 is 0. The third-order valence-electron chi connectivity index (χ3n) is 3.75. The van der Waals surface area contributed by atoms with Crippen LogP contribution in [0.15, 0.2) is 12.2 Å². The summed E-state index contributed by atoms with van der Waals surface area (Å²) >= 11 is 0. The van der Waals surface area contributed by atoms with Gasteiger partial charge in [-0.25, -0.2) is 0 Å². The van der Waals surface area contributed by atoms with Crippen LogP contribution in [0.3, 0.4) is 0 Å². The van der Waals surface area contributed by atoms with Gasteiger partial charge in [0, 0.05) is 0 Å². The van der Waals surface area contributed by atoms with E-state index in [1.54, 1.807) is 6.08 Å². The van der Waals surface area contributed by atoms with Crippen LogP contribution in [0.5, 0.6) is 0 Å². The minimum Gasteiger partial charge on any atom is -0.390 e. The van der Waals surface area contributed by atoms with E-state index in [4.69, 9.17) is 0 Å². The Hall–Kier alpha value is -0.670. The summed E-state index contributed by atoms with van der Waals surface area (Å²) in [6, 6.07) is 0. The quantitative estimate of drug-likeness (QED) is 0.702. The molecule has 1 aliphatic rings. The average molecular weight is 226 g/mol. The van der Waals surface area contributed by atoms with Crippen LogP contribution < -0.4 is 0 Å². The van der Waals surface area contributed by atoms with Crippen molar-refractivity contribution < 1.29 is 15.0 Å². The van der Waals surface area contributed by atoms with Crippen molar-refractivity contribution in [2.24, 2.45) is 17.3 Å². The third-order valence-corrected chi connectivity index (χ3v) is 3.75. The topological polar surface area (TPSA) is 57.5 Å². The Morgan fingerprint density at radius 2 is 1.94 bits per heavy atom. The van der Waals surface area contributed by atoms with Gasteiger partial charge in [0.1, 0.15) is 0 Å². The Morgan fingerprint density at radius 3 is 2.44 bits per heavy atom. The normalized spacial score (nSPS) is 38.9. The van der Waals surface area contributed by atoms with Gasteiger partial charge in [0.15, 0.2) is 5.78 Å². The number of carbonyl (C=O) groups excluding carboxylic acids is 1. The van der Waals surface area contributed by atoms with Gasteiger partial charge in [-0.15, -0.1) is 0 Å². The number of aliphatic hydroxyl groups excluding tert-OH is 2. The molecule has 0 spiro atoms. The molecule has 0 saturated heterocycles. The first kappa shape index (κ1) is 13.4. The van der Waals surface area contributed by atoms with E-state index in [1.165, 1.54) is 6.92 Å². The van der Waals surface area contributed by atoms with Crippen LogP contribution in [0.2, 0.25) is 0 Å². The molecule has 0 aliphatic heterocycles. The molecule has 1 unspecified atom stereocenters. The zero-order chi connectivity index (χ0) is 12.5. The molecule has 1 fully saturated rings. The number of rotatable bonds is 2. The lowest BCUT2D eigenvalue weighted by Gasteiger charge is -2.47. The molecule has 3 heteroatoms. The van der Waals surface area contributed by atoms with Gasteiger partial charge in [0.2, 0.25) is 0 Å². The highest BCUT2D eigenvalue weighted by Crippen LogP contribution is 2.44. The third kappa shape index (κ3) is 2.53. The molecule has 0 aromatic carbocycles. The molecule has 0 heterocycles. The second-order valence-electron chi connectivity index (χ2n) is 5.54. The van der Waals surface area contributed by atoms with E-state index in [2.05, 4.69) is 0 Å². The Balaban J connectivity index is 2.92. The van der Waals surface area contributed by atoms with Gasteiger partial charge < -0.3 is 10.2 Å². The van der Waals surface area contributed by atoms with Crippen molar-refractivity contribution in [3.63, 3.8) is 0 Å². The van der Waals surface area contributed by atoms with Crippen LogP contribution in [0.1, 0.15) is 34.1 Å².